The van der Waals surface area contributed by atoms with Crippen molar-refractivity contribution in [2.75, 3.05) is 45.2 Å². The topological polar surface area (TPSA) is 98.8 Å². The van der Waals surface area contributed by atoms with E-state index in [0.29, 0.717) is 19.6 Å². The molecule has 0 fully saturated rings. The molecule has 8 nitrogen and oxygen atoms in total. The highest BCUT2D eigenvalue weighted by Crippen LogP contribution is 2.17. The Labute approximate surface area is 197 Å². The molecule has 2 aromatic rings. The largest absolute Gasteiger partial charge is 0.378 e. The summed E-state index contributed by atoms with van der Waals surface area (Å²) in [6.07, 6.45) is 1.63. The first-order valence-corrected chi connectivity index (χ1v) is 12.5. The van der Waals surface area contributed by atoms with E-state index in [2.05, 4.69) is 34.9 Å². The van der Waals surface area contributed by atoms with Crippen LogP contribution in [0.5, 0.6) is 0 Å². The molecule has 0 aromatic heterocycles. The van der Waals surface area contributed by atoms with Crippen LogP contribution in [0, 0.1) is 0 Å². The number of benzene rings is 2. The van der Waals surface area contributed by atoms with Gasteiger partial charge in [0, 0.05) is 45.0 Å². The second-order valence-corrected chi connectivity index (χ2v) is 9.75. The summed E-state index contributed by atoms with van der Waals surface area (Å²) in [6.45, 7) is 4.53. The standard InChI is InChI=1S/C24H34N4O4S/c1-5-28(6-2)33(31,32)22-11-7-10-20(17-22)24(30)26-18-23(29)25-16-8-9-19-12-14-21(15-13-19)27(3)4/h7,10-15,17H,5-6,8-9,16,18H2,1-4H3,(H,25,29)(H,26,30). The first-order chi connectivity index (χ1) is 15.7. The Morgan fingerprint density at radius 1 is 0.939 bits per heavy atom. The molecular formula is C24H34N4O4S. The summed E-state index contributed by atoms with van der Waals surface area (Å²) in [5, 5.41) is 5.34. The van der Waals surface area contributed by atoms with Crippen molar-refractivity contribution in [3.8, 4) is 0 Å². The highest BCUT2D eigenvalue weighted by atomic mass is 32.2. The summed E-state index contributed by atoms with van der Waals surface area (Å²) < 4.78 is 26.6. The van der Waals surface area contributed by atoms with E-state index >= 15 is 0 Å². The number of amides is 2. The second-order valence-electron chi connectivity index (χ2n) is 7.81. The van der Waals surface area contributed by atoms with E-state index in [1.165, 1.54) is 34.1 Å². The Balaban J connectivity index is 1.80. The summed E-state index contributed by atoms with van der Waals surface area (Å²) in [5.74, 6) is -0.791. The molecule has 2 N–H and O–H groups in total. The maximum Gasteiger partial charge on any atom is 0.251 e. The Morgan fingerprint density at radius 2 is 1.61 bits per heavy atom. The molecule has 0 saturated heterocycles. The molecule has 0 aliphatic rings. The van der Waals surface area contributed by atoms with Crippen LogP contribution >= 0.6 is 0 Å². The molecule has 0 radical (unpaired) electrons. The van der Waals surface area contributed by atoms with Gasteiger partial charge in [-0.1, -0.05) is 32.0 Å². The zero-order valence-corrected chi connectivity index (χ0v) is 20.6. The molecule has 2 rings (SSSR count). The lowest BCUT2D eigenvalue weighted by molar-refractivity contribution is -0.120. The van der Waals surface area contributed by atoms with Crippen LogP contribution in [0.1, 0.15) is 36.2 Å². The molecule has 0 saturated carbocycles. The fourth-order valence-electron chi connectivity index (χ4n) is 3.32. The van der Waals surface area contributed by atoms with Gasteiger partial charge in [-0.3, -0.25) is 9.59 Å². The number of carbonyl (C=O) groups is 2. The Hall–Kier alpha value is -2.91. The van der Waals surface area contributed by atoms with Crippen LogP contribution in [-0.4, -0.2) is 64.8 Å². The van der Waals surface area contributed by atoms with Gasteiger partial charge in [-0.05, 0) is 48.7 Å². The van der Waals surface area contributed by atoms with Gasteiger partial charge in [0.05, 0.1) is 11.4 Å². The van der Waals surface area contributed by atoms with E-state index in [4.69, 9.17) is 0 Å². The third-order valence-electron chi connectivity index (χ3n) is 5.27. The van der Waals surface area contributed by atoms with Gasteiger partial charge in [-0.25, -0.2) is 8.42 Å². The van der Waals surface area contributed by atoms with Gasteiger partial charge in [0.2, 0.25) is 15.9 Å². The Bertz CT molecular complexity index is 1030. The maximum absolute atomic E-state index is 12.7. The third kappa shape index (κ3) is 7.57. The minimum absolute atomic E-state index is 0.0573. The first kappa shape index (κ1) is 26.3. The van der Waals surface area contributed by atoms with Crippen molar-refractivity contribution in [1.29, 1.82) is 0 Å². The fraction of sp³-hybridized carbons (Fsp3) is 0.417. The van der Waals surface area contributed by atoms with E-state index < -0.39 is 15.9 Å². The first-order valence-electron chi connectivity index (χ1n) is 11.1. The molecule has 0 unspecified atom stereocenters. The highest BCUT2D eigenvalue weighted by Gasteiger charge is 2.22. The molecule has 9 heteroatoms. The number of sulfonamides is 1. The van der Waals surface area contributed by atoms with Crippen molar-refractivity contribution in [3.05, 3.63) is 59.7 Å². The van der Waals surface area contributed by atoms with Gasteiger partial charge >= 0.3 is 0 Å². The fourth-order valence-corrected chi connectivity index (χ4v) is 4.82. The molecule has 0 aliphatic carbocycles. The monoisotopic (exact) mass is 474 g/mol. The number of carbonyl (C=O) groups excluding carboxylic acids is 2. The second kappa shape index (κ2) is 12.4. The SMILES string of the molecule is CCN(CC)S(=O)(=O)c1cccc(C(=O)NCC(=O)NCCCc2ccc(N(C)C)cc2)c1. The predicted molar refractivity (Wildman–Crippen MR) is 131 cm³/mol. The number of anilines is 1. The molecule has 180 valence electrons. The molecule has 2 amide bonds. The third-order valence-corrected chi connectivity index (χ3v) is 7.31. The van der Waals surface area contributed by atoms with Crippen LogP contribution in [0.2, 0.25) is 0 Å². The Morgan fingerprint density at radius 3 is 2.21 bits per heavy atom. The van der Waals surface area contributed by atoms with Crippen molar-refractivity contribution >= 4 is 27.5 Å². The number of nitrogens with zero attached hydrogens (tertiary/aromatic N) is 2. The van der Waals surface area contributed by atoms with Gasteiger partial charge in [0.25, 0.3) is 5.91 Å². The number of aryl methyl sites for hydroxylation is 1. The molecular weight excluding hydrogens is 440 g/mol. The summed E-state index contributed by atoms with van der Waals surface area (Å²) in [7, 11) is 0.327. The highest BCUT2D eigenvalue weighted by molar-refractivity contribution is 7.89. The van der Waals surface area contributed by atoms with Crippen molar-refractivity contribution in [2.45, 2.75) is 31.6 Å². The van der Waals surface area contributed by atoms with Crippen molar-refractivity contribution in [3.63, 3.8) is 0 Å². The van der Waals surface area contributed by atoms with E-state index in [9.17, 15) is 18.0 Å². The van der Waals surface area contributed by atoms with E-state index in [1.54, 1.807) is 13.8 Å². The van der Waals surface area contributed by atoms with Gasteiger partial charge in [-0.2, -0.15) is 4.31 Å². The molecule has 0 aliphatic heterocycles. The average Bonchev–Trinajstić information content (AvgIpc) is 2.81. The van der Waals surface area contributed by atoms with E-state index in [-0.39, 0.29) is 22.9 Å². The zero-order chi connectivity index (χ0) is 24.4. The quantitative estimate of drug-likeness (QED) is 0.460. The van der Waals surface area contributed by atoms with Gasteiger partial charge in [-0.15, -0.1) is 0 Å². The van der Waals surface area contributed by atoms with Crippen LogP contribution in [0.4, 0.5) is 5.69 Å². The van der Waals surface area contributed by atoms with E-state index in [0.717, 1.165) is 18.5 Å². The van der Waals surface area contributed by atoms with Crippen LogP contribution in [0.25, 0.3) is 0 Å². The lowest BCUT2D eigenvalue weighted by Crippen LogP contribution is -2.37. The minimum atomic E-state index is -3.66. The number of nitrogens with one attached hydrogen (secondary N) is 2. The molecule has 33 heavy (non-hydrogen) atoms. The Kier molecular flexibility index (Phi) is 9.87. The maximum atomic E-state index is 12.7. The van der Waals surface area contributed by atoms with Crippen LogP contribution < -0.4 is 15.5 Å². The summed E-state index contributed by atoms with van der Waals surface area (Å²) in [5.41, 5.74) is 2.53. The lowest BCUT2D eigenvalue weighted by Gasteiger charge is -2.18. The van der Waals surface area contributed by atoms with Gasteiger partial charge in [0.15, 0.2) is 0 Å². The normalized spacial score (nSPS) is 11.3. The van der Waals surface area contributed by atoms with Crippen LogP contribution in [-0.2, 0) is 21.2 Å². The molecule has 2 aromatic carbocycles. The number of rotatable bonds is 12. The molecule has 0 atom stereocenters. The summed E-state index contributed by atoms with van der Waals surface area (Å²) in [6, 6.07) is 14.1. The van der Waals surface area contributed by atoms with Crippen molar-refractivity contribution in [1.82, 2.24) is 14.9 Å². The van der Waals surface area contributed by atoms with Gasteiger partial charge < -0.3 is 15.5 Å². The summed E-state index contributed by atoms with van der Waals surface area (Å²) >= 11 is 0. The lowest BCUT2D eigenvalue weighted by atomic mass is 10.1. The number of hydrogen-bond acceptors (Lipinski definition) is 5. The number of hydrogen-bond donors (Lipinski definition) is 2. The predicted octanol–water partition coefficient (Wildman–Crippen LogP) is 2.26. The van der Waals surface area contributed by atoms with E-state index in [1.807, 2.05) is 19.0 Å². The van der Waals surface area contributed by atoms with Gasteiger partial charge in [0.1, 0.15) is 0 Å². The molecule has 0 bridgehead atoms. The van der Waals surface area contributed by atoms with Crippen molar-refractivity contribution < 1.29 is 18.0 Å². The smallest absolute Gasteiger partial charge is 0.251 e. The van der Waals surface area contributed by atoms with Crippen molar-refractivity contribution in [2.24, 2.45) is 0 Å². The zero-order valence-electron chi connectivity index (χ0n) is 19.8. The summed E-state index contributed by atoms with van der Waals surface area (Å²) in [4.78, 5) is 26.6. The molecule has 0 heterocycles. The van der Waals surface area contributed by atoms with Crippen LogP contribution in [0.3, 0.4) is 0 Å². The minimum Gasteiger partial charge on any atom is -0.378 e. The molecule has 0 spiro atoms. The average molecular weight is 475 g/mol. The van der Waals surface area contributed by atoms with Crippen LogP contribution in [0.15, 0.2) is 53.4 Å².